The van der Waals surface area contributed by atoms with Gasteiger partial charge in [0.15, 0.2) is 5.76 Å². The van der Waals surface area contributed by atoms with Crippen LogP contribution in [0.1, 0.15) is 23.4 Å². The highest BCUT2D eigenvalue weighted by Crippen LogP contribution is 1.99. The zero-order chi connectivity index (χ0) is 9.52. The van der Waals surface area contributed by atoms with Crippen molar-refractivity contribution in [1.29, 1.82) is 0 Å². The largest absolute Gasteiger partial charge is 0.459 e. The Morgan fingerprint density at radius 1 is 1.54 bits per heavy atom. The molecule has 0 aliphatic carbocycles. The quantitative estimate of drug-likeness (QED) is 0.514. The third kappa shape index (κ3) is 3.80. The van der Waals surface area contributed by atoms with Crippen LogP contribution in [0.5, 0.6) is 0 Å². The molecule has 0 aliphatic rings. The molecule has 0 spiro atoms. The number of carbonyl (C=O) groups is 1. The summed E-state index contributed by atoms with van der Waals surface area (Å²) in [4.78, 5) is 11.3. The number of hydrogen-bond donors (Lipinski definition) is 1. The van der Waals surface area contributed by atoms with E-state index < -0.39 is 0 Å². The molecular weight excluding hydrogens is 281 g/mol. The second kappa shape index (κ2) is 6.01. The number of amides is 1. The fourth-order valence-electron chi connectivity index (χ4n) is 0.916. The lowest BCUT2D eigenvalue weighted by molar-refractivity contribution is 0.0925. The summed E-state index contributed by atoms with van der Waals surface area (Å²) in [6, 6.07) is 3.37. The van der Waals surface area contributed by atoms with Crippen LogP contribution in [0.3, 0.4) is 0 Å². The Balaban J connectivity index is 2.19. The van der Waals surface area contributed by atoms with Gasteiger partial charge in [0, 0.05) is 6.54 Å². The van der Waals surface area contributed by atoms with E-state index in [2.05, 4.69) is 27.9 Å². The standard InChI is InChI=1S/C9H12INO2/c10-5-1-2-6-11-9(12)8-4-3-7-13-8/h3-4,7H,1-2,5-6H2,(H,11,12). The van der Waals surface area contributed by atoms with Crippen LogP contribution in [0.4, 0.5) is 0 Å². The molecule has 0 bridgehead atoms. The molecule has 0 atom stereocenters. The Morgan fingerprint density at radius 2 is 2.38 bits per heavy atom. The van der Waals surface area contributed by atoms with Gasteiger partial charge in [0.05, 0.1) is 6.26 Å². The van der Waals surface area contributed by atoms with E-state index >= 15 is 0 Å². The lowest BCUT2D eigenvalue weighted by atomic mass is 10.3. The Bertz CT molecular complexity index is 246. The number of furan rings is 1. The Labute approximate surface area is 91.0 Å². The van der Waals surface area contributed by atoms with Gasteiger partial charge in [-0.3, -0.25) is 4.79 Å². The summed E-state index contributed by atoms with van der Waals surface area (Å²) in [6.07, 6.45) is 3.66. The van der Waals surface area contributed by atoms with Crippen LogP contribution in [0, 0.1) is 0 Å². The van der Waals surface area contributed by atoms with Gasteiger partial charge in [-0.1, -0.05) is 22.6 Å². The van der Waals surface area contributed by atoms with Gasteiger partial charge >= 0.3 is 0 Å². The number of halogens is 1. The van der Waals surface area contributed by atoms with Crippen LogP contribution in [-0.4, -0.2) is 16.9 Å². The van der Waals surface area contributed by atoms with E-state index in [4.69, 9.17) is 4.42 Å². The van der Waals surface area contributed by atoms with Crippen LogP contribution in [-0.2, 0) is 0 Å². The molecule has 0 saturated carbocycles. The van der Waals surface area contributed by atoms with Crippen LogP contribution in [0.2, 0.25) is 0 Å². The lowest BCUT2D eigenvalue weighted by Gasteiger charge is -2.00. The minimum absolute atomic E-state index is 0.126. The van der Waals surface area contributed by atoms with Gasteiger partial charge in [0.25, 0.3) is 5.91 Å². The fraction of sp³-hybridized carbons (Fsp3) is 0.444. The van der Waals surface area contributed by atoms with Gasteiger partial charge in [0.2, 0.25) is 0 Å². The Morgan fingerprint density at radius 3 is 3.00 bits per heavy atom. The number of unbranched alkanes of at least 4 members (excludes halogenated alkanes) is 1. The average Bonchev–Trinajstić information content (AvgIpc) is 2.65. The molecule has 4 heteroatoms. The van der Waals surface area contributed by atoms with E-state index in [1.165, 1.54) is 6.26 Å². The van der Waals surface area contributed by atoms with E-state index in [-0.39, 0.29) is 5.91 Å². The number of rotatable bonds is 5. The number of carbonyl (C=O) groups excluding carboxylic acids is 1. The molecule has 1 amide bonds. The molecule has 0 unspecified atom stereocenters. The fourth-order valence-corrected chi connectivity index (χ4v) is 1.46. The van der Waals surface area contributed by atoms with Crippen LogP contribution in [0.25, 0.3) is 0 Å². The maximum Gasteiger partial charge on any atom is 0.286 e. The summed E-state index contributed by atoms with van der Waals surface area (Å²) >= 11 is 2.32. The summed E-state index contributed by atoms with van der Waals surface area (Å²) in [5, 5.41) is 2.78. The van der Waals surface area contributed by atoms with Crippen molar-refractivity contribution < 1.29 is 9.21 Å². The second-order valence-corrected chi connectivity index (χ2v) is 3.71. The van der Waals surface area contributed by atoms with Gasteiger partial charge < -0.3 is 9.73 Å². The van der Waals surface area contributed by atoms with Crippen LogP contribution >= 0.6 is 22.6 Å². The van der Waals surface area contributed by atoms with Crippen molar-refractivity contribution in [3.05, 3.63) is 24.2 Å². The summed E-state index contributed by atoms with van der Waals surface area (Å²) in [5.41, 5.74) is 0. The van der Waals surface area contributed by atoms with Crippen molar-refractivity contribution in [3.8, 4) is 0 Å². The minimum atomic E-state index is -0.126. The lowest BCUT2D eigenvalue weighted by Crippen LogP contribution is -2.23. The maximum atomic E-state index is 11.3. The molecule has 0 fully saturated rings. The van der Waals surface area contributed by atoms with Gasteiger partial charge in [-0.2, -0.15) is 0 Å². The van der Waals surface area contributed by atoms with Crippen LogP contribution in [0.15, 0.2) is 22.8 Å². The third-order valence-electron chi connectivity index (χ3n) is 1.59. The molecule has 0 aromatic carbocycles. The average molecular weight is 293 g/mol. The second-order valence-electron chi connectivity index (χ2n) is 2.63. The molecule has 0 aliphatic heterocycles. The van der Waals surface area contributed by atoms with E-state index in [1.807, 2.05) is 0 Å². The van der Waals surface area contributed by atoms with E-state index in [1.54, 1.807) is 12.1 Å². The molecule has 0 radical (unpaired) electrons. The number of hydrogen-bond acceptors (Lipinski definition) is 2. The highest BCUT2D eigenvalue weighted by atomic mass is 127. The molecule has 13 heavy (non-hydrogen) atoms. The van der Waals surface area contributed by atoms with Crippen molar-refractivity contribution >= 4 is 28.5 Å². The molecule has 1 heterocycles. The van der Waals surface area contributed by atoms with Crippen molar-refractivity contribution in [2.75, 3.05) is 11.0 Å². The number of nitrogens with one attached hydrogen (secondary N) is 1. The van der Waals surface area contributed by atoms with Gasteiger partial charge in [0.1, 0.15) is 0 Å². The molecular formula is C9H12INO2. The highest BCUT2D eigenvalue weighted by molar-refractivity contribution is 14.1. The summed E-state index contributed by atoms with van der Waals surface area (Å²) in [5.74, 6) is 0.257. The Kier molecular flexibility index (Phi) is 4.88. The van der Waals surface area contributed by atoms with Crippen molar-refractivity contribution in [3.63, 3.8) is 0 Å². The summed E-state index contributed by atoms with van der Waals surface area (Å²) in [6.45, 7) is 0.725. The summed E-state index contributed by atoms with van der Waals surface area (Å²) in [7, 11) is 0. The zero-order valence-corrected chi connectivity index (χ0v) is 9.41. The molecule has 1 N–H and O–H groups in total. The first-order chi connectivity index (χ1) is 6.34. The smallest absolute Gasteiger partial charge is 0.286 e. The number of alkyl halides is 1. The minimum Gasteiger partial charge on any atom is -0.459 e. The van der Waals surface area contributed by atoms with Crippen LogP contribution < -0.4 is 5.32 Å². The maximum absolute atomic E-state index is 11.3. The Hall–Kier alpha value is -0.520. The monoisotopic (exact) mass is 293 g/mol. The van der Waals surface area contributed by atoms with Gasteiger partial charge in [-0.05, 0) is 29.4 Å². The van der Waals surface area contributed by atoms with E-state index in [0.717, 1.165) is 23.8 Å². The first-order valence-corrected chi connectivity index (χ1v) is 5.75. The van der Waals surface area contributed by atoms with E-state index in [9.17, 15) is 4.79 Å². The third-order valence-corrected chi connectivity index (χ3v) is 2.35. The predicted octanol–water partition coefficient (Wildman–Crippen LogP) is 2.22. The molecule has 1 aromatic rings. The van der Waals surface area contributed by atoms with Crippen molar-refractivity contribution in [1.82, 2.24) is 5.32 Å². The molecule has 0 saturated heterocycles. The first-order valence-electron chi connectivity index (χ1n) is 4.22. The zero-order valence-electron chi connectivity index (χ0n) is 7.25. The molecule has 1 aromatic heterocycles. The highest BCUT2D eigenvalue weighted by Gasteiger charge is 2.05. The summed E-state index contributed by atoms with van der Waals surface area (Å²) < 4.78 is 6.07. The van der Waals surface area contributed by atoms with E-state index in [0.29, 0.717) is 5.76 Å². The molecule has 1 rings (SSSR count). The SMILES string of the molecule is O=C(NCCCCI)c1ccco1. The first kappa shape index (κ1) is 10.6. The molecule has 3 nitrogen and oxygen atoms in total. The van der Waals surface area contributed by atoms with Crippen molar-refractivity contribution in [2.24, 2.45) is 0 Å². The topological polar surface area (TPSA) is 42.2 Å². The normalized spacial score (nSPS) is 9.92. The predicted molar refractivity (Wildman–Crippen MR) is 59.2 cm³/mol. The van der Waals surface area contributed by atoms with Gasteiger partial charge in [-0.25, -0.2) is 0 Å². The van der Waals surface area contributed by atoms with Gasteiger partial charge in [-0.15, -0.1) is 0 Å². The molecule has 72 valence electrons. The van der Waals surface area contributed by atoms with Crippen molar-refractivity contribution in [2.45, 2.75) is 12.8 Å².